The molecule has 3 heteroatoms. The summed E-state index contributed by atoms with van der Waals surface area (Å²) >= 11 is 1.84. The summed E-state index contributed by atoms with van der Waals surface area (Å²) in [7, 11) is 0. The lowest BCUT2D eigenvalue weighted by Crippen LogP contribution is -2.45. The summed E-state index contributed by atoms with van der Waals surface area (Å²) in [5, 5.41) is 7.33. The first-order valence-electron chi connectivity index (χ1n) is 7.51. The van der Waals surface area contributed by atoms with Gasteiger partial charge in [0.05, 0.1) is 11.2 Å². The molecule has 0 aliphatic heterocycles. The molecule has 2 nitrogen and oxygen atoms in total. The van der Waals surface area contributed by atoms with Gasteiger partial charge in [0.1, 0.15) is 5.01 Å². The molecule has 0 spiro atoms. The van der Waals surface area contributed by atoms with Gasteiger partial charge in [0, 0.05) is 5.38 Å². The molecule has 0 amide bonds. The van der Waals surface area contributed by atoms with E-state index in [1.54, 1.807) is 0 Å². The summed E-state index contributed by atoms with van der Waals surface area (Å²) in [4.78, 5) is 4.95. The zero-order valence-corrected chi connectivity index (χ0v) is 14.0. The zero-order chi connectivity index (χ0) is 14.3. The Labute approximate surface area is 122 Å². The van der Waals surface area contributed by atoms with E-state index in [4.69, 9.17) is 4.98 Å². The Morgan fingerprint density at radius 1 is 1.47 bits per heavy atom. The summed E-state index contributed by atoms with van der Waals surface area (Å²) in [5.41, 5.74) is 1.75. The highest BCUT2D eigenvalue weighted by Crippen LogP contribution is 2.53. The maximum absolute atomic E-state index is 4.95. The highest BCUT2D eigenvalue weighted by Gasteiger charge is 2.50. The van der Waals surface area contributed by atoms with Crippen LogP contribution in [0.15, 0.2) is 5.38 Å². The van der Waals surface area contributed by atoms with Gasteiger partial charge in [-0.2, -0.15) is 0 Å². The van der Waals surface area contributed by atoms with E-state index >= 15 is 0 Å². The van der Waals surface area contributed by atoms with E-state index in [0.29, 0.717) is 17.3 Å². The number of aromatic nitrogens is 1. The third-order valence-corrected chi connectivity index (χ3v) is 5.48. The number of hydrogen-bond donors (Lipinski definition) is 1. The van der Waals surface area contributed by atoms with Crippen molar-refractivity contribution in [3.05, 3.63) is 16.1 Å². The van der Waals surface area contributed by atoms with Gasteiger partial charge in [-0.15, -0.1) is 11.3 Å². The van der Waals surface area contributed by atoms with Gasteiger partial charge in [-0.25, -0.2) is 4.98 Å². The molecule has 1 N–H and O–H groups in total. The molecular formula is C16H28N2S. The fraction of sp³-hybridized carbons (Fsp3) is 0.812. The summed E-state index contributed by atoms with van der Waals surface area (Å²) in [5.74, 6) is 1.17. The maximum atomic E-state index is 4.95. The molecule has 1 saturated carbocycles. The second-order valence-electron chi connectivity index (χ2n) is 7.18. The van der Waals surface area contributed by atoms with Gasteiger partial charge in [-0.05, 0) is 36.6 Å². The molecule has 2 rings (SSSR count). The smallest absolute Gasteiger partial charge is 0.113 e. The lowest BCUT2D eigenvalue weighted by molar-refractivity contribution is 0.256. The lowest BCUT2D eigenvalue weighted by Gasteiger charge is -2.33. The number of nitrogens with zero attached hydrogens (tertiary/aromatic N) is 1. The van der Waals surface area contributed by atoms with Crippen molar-refractivity contribution in [1.29, 1.82) is 0 Å². The Morgan fingerprint density at radius 3 is 2.58 bits per heavy atom. The second-order valence-corrected chi connectivity index (χ2v) is 8.04. The minimum atomic E-state index is 0.0933. The van der Waals surface area contributed by atoms with Crippen LogP contribution in [-0.4, -0.2) is 11.5 Å². The van der Waals surface area contributed by atoms with E-state index in [0.717, 1.165) is 6.54 Å². The van der Waals surface area contributed by atoms with E-state index in [9.17, 15) is 0 Å². The average molecular weight is 280 g/mol. The molecule has 1 aliphatic carbocycles. The summed E-state index contributed by atoms with van der Waals surface area (Å²) in [6.45, 7) is 14.8. The molecule has 0 saturated heterocycles. The van der Waals surface area contributed by atoms with Crippen molar-refractivity contribution in [1.82, 2.24) is 10.3 Å². The Kier molecular flexibility index (Phi) is 4.08. The molecule has 0 bridgehead atoms. The Balaban J connectivity index is 2.39. The first-order valence-corrected chi connectivity index (χ1v) is 8.39. The molecule has 2 unspecified atom stereocenters. The van der Waals surface area contributed by atoms with Crippen LogP contribution in [0, 0.1) is 11.3 Å². The molecule has 1 aromatic rings. The third-order valence-electron chi connectivity index (χ3n) is 4.44. The van der Waals surface area contributed by atoms with Gasteiger partial charge >= 0.3 is 0 Å². The molecule has 108 valence electrons. The topological polar surface area (TPSA) is 24.9 Å². The highest BCUT2D eigenvalue weighted by atomic mass is 32.1. The van der Waals surface area contributed by atoms with Crippen molar-refractivity contribution in [3.63, 3.8) is 0 Å². The van der Waals surface area contributed by atoms with Gasteiger partial charge in [-0.1, -0.05) is 41.5 Å². The van der Waals surface area contributed by atoms with Crippen molar-refractivity contribution >= 4 is 11.3 Å². The van der Waals surface area contributed by atoms with Crippen LogP contribution in [-0.2, 0) is 5.54 Å². The maximum Gasteiger partial charge on any atom is 0.113 e. The van der Waals surface area contributed by atoms with Gasteiger partial charge in [0.2, 0.25) is 0 Å². The Morgan fingerprint density at radius 2 is 2.16 bits per heavy atom. The van der Waals surface area contributed by atoms with Crippen molar-refractivity contribution in [2.24, 2.45) is 11.3 Å². The number of hydrogen-bond acceptors (Lipinski definition) is 3. The number of nitrogens with one attached hydrogen (secondary N) is 1. The molecule has 1 fully saturated rings. The van der Waals surface area contributed by atoms with Crippen LogP contribution in [0.5, 0.6) is 0 Å². The summed E-state index contributed by atoms with van der Waals surface area (Å²) in [6, 6.07) is 0. The summed E-state index contributed by atoms with van der Waals surface area (Å²) in [6.07, 6.45) is 2.47. The monoisotopic (exact) mass is 280 g/mol. The van der Waals surface area contributed by atoms with Gasteiger partial charge < -0.3 is 5.32 Å². The quantitative estimate of drug-likeness (QED) is 0.876. The van der Waals surface area contributed by atoms with Crippen molar-refractivity contribution < 1.29 is 0 Å². The molecule has 19 heavy (non-hydrogen) atoms. The zero-order valence-electron chi connectivity index (χ0n) is 13.2. The lowest BCUT2D eigenvalue weighted by atomic mass is 9.86. The number of rotatable bonds is 4. The van der Waals surface area contributed by atoms with E-state index in [1.807, 2.05) is 11.3 Å². The van der Waals surface area contributed by atoms with Gasteiger partial charge in [-0.3, -0.25) is 0 Å². The van der Waals surface area contributed by atoms with Crippen LogP contribution in [0.1, 0.15) is 71.0 Å². The number of thiazole rings is 1. The SMILES string of the molecule is CCNC1(c2nc(C(C)C)cs2)CC(C)(C)CC1C. The molecular weight excluding hydrogens is 252 g/mol. The molecule has 1 heterocycles. The predicted molar refractivity (Wildman–Crippen MR) is 83.7 cm³/mol. The van der Waals surface area contributed by atoms with Crippen molar-refractivity contribution in [2.45, 2.75) is 65.8 Å². The van der Waals surface area contributed by atoms with Crippen LogP contribution in [0.4, 0.5) is 0 Å². The first kappa shape index (κ1) is 15.0. The van der Waals surface area contributed by atoms with Gasteiger partial charge in [0.15, 0.2) is 0 Å². The van der Waals surface area contributed by atoms with Gasteiger partial charge in [0.25, 0.3) is 0 Å². The van der Waals surface area contributed by atoms with E-state index in [2.05, 4.69) is 52.2 Å². The Bertz CT molecular complexity index is 436. The molecule has 0 radical (unpaired) electrons. The predicted octanol–water partition coefficient (Wildman–Crippen LogP) is 4.53. The normalized spacial score (nSPS) is 30.2. The highest BCUT2D eigenvalue weighted by molar-refractivity contribution is 7.09. The minimum Gasteiger partial charge on any atom is -0.305 e. The third kappa shape index (κ3) is 2.73. The molecule has 1 aromatic heterocycles. The fourth-order valence-electron chi connectivity index (χ4n) is 3.67. The molecule has 1 aliphatic rings. The second kappa shape index (κ2) is 5.17. The van der Waals surface area contributed by atoms with Crippen molar-refractivity contribution in [2.75, 3.05) is 6.54 Å². The largest absolute Gasteiger partial charge is 0.305 e. The molecule has 2 atom stereocenters. The molecule has 0 aromatic carbocycles. The standard InChI is InChI=1S/C16H28N2S/c1-7-17-16(10-15(5,6)8-12(16)4)14-18-13(9-19-14)11(2)3/h9,11-12,17H,7-8,10H2,1-6H3. The van der Waals surface area contributed by atoms with Crippen LogP contribution >= 0.6 is 11.3 Å². The summed E-state index contributed by atoms with van der Waals surface area (Å²) < 4.78 is 0. The van der Waals surface area contributed by atoms with E-state index < -0.39 is 0 Å². The van der Waals surface area contributed by atoms with Crippen molar-refractivity contribution in [3.8, 4) is 0 Å². The van der Waals surface area contributed by atoms with E-state index in [-0.39, 0.29) is 5.54 Å². The first-order chi connectivity index (χ1) is 8.81. The van der Waals surface area contributed by atoms with Crippen LogP contribution < -0.4 is 5.32 Å². The van der Waals surface area contributed by atoms with Crippen LogP contribution in [0.2, 0.25) is 0 Å². The minimum absolute atomic E-state index is 0.0933. The van der Waals surface area contributed by atoms with Crippen LogP contribution in [0.3, 0.4) is 0 Å². The van der Waals surface area contributed by atoms with E-state index in [1.165, 1.54) is 23.5 Å². The Hall–Kier alpha value is -0.410. The van der Waals surface area contributed by atoms with Crippen LogP contribution in [0.25, 0.3) is 0 Å². The average Bonchev–Trinajstić information content (AvgIpc) is 2.83. The fourth-order valence-corrected chi connectivity index (χ4v) is 4.95.